The van der Waals surface area contributed by atoms with Gasteiger partial charge in [-0.15, -0.1) is 0 Å². The van der Waals surface area contributed by atoms with Crippen molar-refractivity contribution in [2.24, 2.45) is 0 Å². The molecular formula is C19H16F4N6O2. The number of hydrogen-bond acceptors (Lipinski definition) is 8. The van der Waals surface area contributed by atoms with Crippen molar-refractivity contribution in [3.8, 4) is 17.1 Å². The van der Waals surface area contributed by atoms with E-state index in [4.69, 9.17) is 9.47 Å². The van der Waals surface area contributed by atoms with Crippen LogP contribution in [0.2, 0.25) is 0 Å². The zero-order valence-corrected chi connectivity index (χ0v) is 16.1. The number of methoxy groups -OCH3 is 1. The second kappa shape index (κ2) is 8.30. The van der Waals surface area contributed by atoms with Gasteiger partial charge in [-0.3, -0.25) is 4.98 Å². The molecule has 0 amide bonds. The van der Waals surface area contributed by atoms with E-state index in [-0.39, 0.29) is 35.0 Å². The number of hydrogen-bond donors (Lipinski definition) is 2. The number of alkyl halides is 3. The topological polar surface area (TPSA) is 94.1 Å². The third-order valence-corrected chi connectivity index (χ3v) is 4.33. The van der Waals surface area contributed by atoms with E-state index in [1.807, 2.05) is 0 Å². The van der Waals surface area contributed by atoms with Gasteiger partial charge in [-0.1, -0.05) is 0 Å². The van der Waals surface area contributed by atoms with Gasteiger partial charge in [0, 0.05) is 11.9 Å². The molecule has 0 spiro atoms. The standard InChI is InChI=1S/C19H16F4N6O2/c1-30-12-2-3-14(20)13(7-12)16-27-17(29-18(28-16)26-11-8-31-9-11)25-10-4-5-24-15(6-10)19(21,22)23/h2-7,11H,8-9H2,1H3,(H2,24,25,26,27,28,29). The fraction of sp³-hybridized carbons (Fsp3) is 0.263. The number of rotatable bonds is 6. The Morgan fingerprint density at radius 3 is 2.52 bits per heavy atom. The Morgan fingerprint density at radius 1 is 1.06 bits per heavy atom. The highest BCUT2D eigenvalue weighted by molar-refractivity contribution is 5.63. The molecule has 0 aliphatic carbocycles. The number of nitrogens with one attached hydrogen (secondary N) is 2. The summed E-state index contributed by atoms with van der Waals surface area (Å²) in [7, 11) is 1.43. The predicted molar refractivity (Wildman–Crippen MR) is 103 cm³/mol. The van der Waals surface area contributed by atoms with E-state index in [0.717, 1.165) is 12.3 Å². The first-order valence-corrected chi connectivity index (χ1v) is 9.06. The third kappa shape index (κ3) is 4.79. The van der Waals surface area contributed by atoms with E-state index in [9.17, 15) is 17.6 Å². The Balaban J connectivity index is 1.72. The molecule has 1 aliphatic rings. The maximum atomic E-state index is 14.5. The zero-order chi connectivity index (χ0) is 22.0. The molecule has 12 heteroatoms. The van der Waals surface area contributed by atoms with Crippen LogP contribution in [-0.2, 0) is 10.9 Å². The van der Waals surface area contributed by atoms with Crippen molar-refractivity contribution < 1.29 is 27.0 Å². The fourth-order valence-corrected chi connectivity index (χ4v) is 2.71. The zero-order valence-electron chi connectivity index (χ0n) is 16.1. The maximum absolute atomic E-state index is 14.5. The fourth-order valence-electron chi connectivity index (χ4n) is 2.71. The first-order valence-electron chi connectivity index (χ1n) is 9.06. The summed E-state index contributed by atoms with van der Waals surface area (Å²) in [5, 5.41) is 5.72. The largest absolute Gasteiger partial charge is 0.497 e. The monoisotopic (exact) mass is 436 g/mol. The van der Waals surface area contributed by atoms with Crippen molar-refractivity contribution >= 4 is 17.6 Å². The van der Waals surface area contributed by atoms with Gasteiger partial charge >= 0.3 is 6.18 Å². The Hall–Kier alpha value is -3.54. The lowest BCUT2D eigenvalue weighted by Crippen LogP contribution is -2.40. The summed E-state index contributed by atoms with van der Waals surface area (Å²) in [6.07, 6.45) is -3.59. The smallest absolute Gasteiger partial charge is 0.433 e. The van der Waals surface area contributed by atoms with Gasteiger partial charge in [0.15, 0.2) is 5.82 Å². The van der Waals surface area contributed by atoms with Crippen LogP contribution in [0, 0.1) is 5.82 Å². The molecule has 0 bridgehead atoms. The number of halogens is 4. The molecule has 31 heavy (non-hydrogen) atoms. The molecule has 8 nitrogen and oxygen atoms in total. The quantitative estimate of drug-likeness (QED) is 0.566. The molecule has 0 unspecified atom stereocenters. The summed E-state index contributed by atoms with van der Waals surface area (Å²) in [6, 6.07) is 6.17. The van der Waals surface area contributed by atoms with Gasteiger partial charge in [-0.25, -0.2) is 4.39 Å². The van der Waals surface area contributed by atoms with Gasteiger partial charge in [0.25, 0.3) is 0 Å². The highest BCUT2D eigenvalue weighted by atomic mass is 19.4. The molecule has 3 heterocycles. The Labute approximate surface area is 173 Å². The summed E-state index contributed by atoms with van der Waals surface area (Å²) < 4.78 is 63.5. The Bertz CT molecular complexity index is 1090. The van der Waals surface area contributed by atoms with Crippen LogP contribution in [0.3, 0.4) is 0 Å². The second-order valence-corrected chi connectivity index (χ2v) is 6.58. The summed E-state index contributed by atoms with van der Waals surface area (Å²) in [6.45, 7) is 0.882. The van der Waals surface area contributed by atoms with Crippen LogP contribution in [-0.4, -0.2) is 46.3 Å². The lowest BCUT2D eigenvalue weighted by Gasteiger charge is -2.26. The highest BCUT2D eigenvalue weighted by Gasteiger charge is 2.32. The van der Waals surface area contributed by atoms with Crippen LogP contribution >= 0.6 is 0 Å². The normalized spacial score (nSPS) is 14.1. The third-order valence-electron chi connectivity index (χ3n) is 4.33. The average Bonchev–Trinajstić information content (AvgIpc) is 2.70. The first-order chi connectivity index (χ1) is 14.8. The van der Waals surface area contributed by atoms with Crippen molar-refractivity contribution in [1.29, 1.82) is 0 Å². The molecule has 1 saturated heterocycles. The maximum Gasteiger partial charge on any atom is 0.433 e. The predicted octanol–water partition coefficient (Wildman–Crippen LogP) is 3.65. The Morgan fingerprint density at radius 2 is 1.84 bits per heavy atom. The van der Waals surface area contributed by atoms with Gasteiger partial charge in [0.2, 0.25) is 11.9 Å². The first kappa shape index (κ1) is 20.7. The SMILES string of the molecule is COc1ccc(F)c(-c2nc(Nc3ccnc(C(F)(F)F)c3)nc(NC3COC3)n2)c1. The van der Waals surface area contributed by atoms with E-state index < -0.39 is 17.7 Å². The van der Waals surface area contributed by atoms with E-state index in [0.29, 0.717) is 19.0 Å². The molecular weight excluding hydrogens is 420 g/mol. The van der Waals surface area contributed by atoms with Crippen molar-refractivity contribution in [1.82, 2.24) is 19.9 Å². The van der Waals surface area contributed by atoms with Crippen molar-refractivity contribution in [3.05, 3.63) is 48.0 Å². The summed E-state index contributed by atoms with van der Waals surface area (Å²) >= 11 is 0. The van der Waals surface area contributed by atoms with Crippen molar-refractivity contribution in [2.75, 3.05) is 31.0 Å². The molecule has 0 radical (unpaired) electrons. The van der Waals surface area contributed by atoms with Gasteiger partial charge in [0.05, 0.1) is 31.9 Å². The van der Waals surface area contributed by atoms with E-state index >= 15 is 0 Å². The molecule has 0 saturated carbocycles. The highest BCUT2D eigenvalue weighted by Crippen LogP contribution is 2.30. The molecule has 2 N–H and O–H groups in total. The minimum Gasteiger partial charge on any atom is -0.497 e. The molecule has 0 atom stereocenters. The van der Waals surface area contributed by atoms with E-state index in [1.54, 1.807) is 0 Å². The average molecular weight is 436 g/mol. The number of benzene rings is 1. The molecule has 2 aromatic heterocycles. The molecule has 3 aromatic rings. The van der Waals surface area contributed by atoms with Gasteiger partial charge in [0.1, 0.15) is 17.3 Å². The molecule has 4 rings (SSSR count). The molecule has 1 aliphatic heterocycles. The summed E-state index contributed by atoms with van der Waals surface area (Å²) in [5.74, 6) is -0.194. The minimum atomic E-state index is -4.61. The lowest BCUT2D eigenvalue weighted by molar-refractivity contribution is -0.141. The van der Waals surface area contributed by atoms with Crippen LogP contribution in [0.1, 0.15) is 5.69 Å². The van der Waals surface area contributed by atoms with Crippen LogP contribution in [0.5, 0.6) is 5.75 Å². The Kier molecular flexibility index (Phi) is 5.55. The second-order valence-electron chi connectivity index (χ2n) is 6.58. The van der Waals surface area contributed by atoms with Crippen molar-refractivity contribution in [3.63, 3.8) is 0 Å². The molecule has 1 aromatic carbocycles. The lowest BCUT2D eigenvalue weighted by atomic mass is 10.2. The van der Waals surface area contributed by atoms with Crippen LogP contribution in [0.25, 0.3) is 11.4 Å². The van der Waals surface area contributed by atoms with Crippen LogP contribution in [0.4, 0.5) is 35.1 Å². The number of pyridine rings is 1. The summed E-state index contributed by atoms with van der Waals surface area (Å²) in [5.41, 5.74) is -0.970. The van der Waals surface area contributed by atoms with Gasteiger partial charge < -0.3 is 20.1 Å². The van der Waals surface area contributed by atoms with E-state index in [2.05, 4.69) is 30.6 Å². The van der Waals surface area contributed by atoms with Gasteiger partial charge in [-0.05, 0) is 30.3 Å². The molecule has 1 fully saturated rings. The number of aromatic nitrogens is 4. The van der Waals surface area contributed by atoms with Crippen LogP contribution < -0.4 is 15.4 Å². The number of nitrogens with zero attached hydrogens (tertiary/aromatic N) is 4. The van der Waals surface area contributed by atoms with Gasteiger partial charge in [-0.2, -0.15) is 28.1 Å². The van der Waals surface area contributed by atoms with Crippen molar-refractivity contribution in [2.45, 2.75) is 12.2 Å². The minimum absolute atomic E-state index is 0.0262. The molecule has 162 valence electrons. The van der Waals surface area contributed by atoms with E-state index in [1.165, 1.54) is 31.4 Å². The summed E-state index contributed by atoms with van der Waals surface area (Å²) in [4.78, 5) is 15.9. The number of ether oxygens (including phenoxy) is 2. The van der Waals surface area contributed by atoms with Crippen LogP contribution in [0.15, 0.2) is 36.5 Å². The number of anilines is 3.